The Morgan fingerprint density at radius 1 is 1.46 bits per heavy atom. The standard InChI is InChI=1S/C11H10FN/c1-3-9-7(2)13-11-5-4-8(12)6-10(9)11/h3-6,13H,2H2,1H3. The van der Waals surface area contributed by atoms with Gasteiger partial charge in [-0.1, -0.05) is 12.7 Å². The lowest BCUT2D eigenvalue weighted by Gasteiger charge is -1.88. The van der Waals surface area contributed by atoms with Crippen molar-refractivity contribution in [2.45, 2.75) is 6.92 Å². The van der Waals surface area contributed by atoms with Gasteiger partial charge < -0.3 is 4.98 Å². The van der Waals surface area contributed by atoms with Crippen molar-refractivity contribution in [1.29, 1.82) is 0 Å². The lowest BCUT2D eigenvalue weighted by atomic mass is 10.2. The Kier molecular flexibility index (Phi) is 1.69. The zero-order valence-electron chi connectivity index (χ0n) is 7.39. The molecule has 0 fully saturated rings. The molecule has 2 aromatic rings. The van der Waals surface area contributed by atoms with Gasteiger partial charge in [-0.15, -0.1) is 0 Å². The molecule has 66 valence electrons. The summed E-state index contributed by atoms with van der Waals surface area (Å²) in [5.74, 6) is -0.213. The SMILES string of the molecule is C=c1[nH]c2ccc(F)cc2c1=CC. The summed E-state index contributed by atoms with van der Waals surface area (Å²) in [6.07, 6.45) is 1.93. The van der Waals surface area contributed by atoms with Crippen molar-refractivity contribution in [3.8, 4) is 0 Å². The summed E-state index contributed by atoms with van der Waals surface area (Å²) < 4.78 is 12.9. The quantitative estimate of drug-likeness (QED) is 0.624. The van der Waals surface area contributed by atoms with E-state index in [1.807, 2.05) is 13.0 Å². The van der Waals surface area contributed by atoms with E-state index in [0.717, 1.165) is 21.5 Å². The third-order valence-corrected chi connectivity index (χ3v) is 2.17. The normalized spacial score (nSPS) is 12.6. The van der Waals surface area contributed by atoms with E-state index in [0.29, 0.717) is 0 Å². The molecule has 0 unspecified atom stereocenters. The highest BCUT2D eigenvalue weighted by Gasteiger charge is 1.99. The summed E-state index contributed by atoms with van der Waals surface area (Å²) in [6.45, 7) is 5.77. The summed E-state index contributed by atoms with van der Waals surface area (Å²) in [5, 5.41) is 2.71. The molecule has 0 aliphatic rings. The molecule has 0 aliphatic heterocycles. The molecule has 0 amide bonds. The number of nitrogens with one attached hydrogen (secondary N) is 1. The van der Waals surface area contributed by atoms with Gasteiger partial charge in [0.05, 0.1) is 0 Å². The maximum absolute atomic E-state index is 12.9. The maximum Gasteiger partial charge on any atom is 0.123 e. The molecule has 1 nitrogen and oxygen atoms in total. The van der Waals surface area contributed by atoms with Gasteiger partial charge in [-0.2, -0.15) is 0 Å². The smallest absolute Gasteiger partial charge is 0.123 e. The highest BCUT2D eigenvalue weighted by molar-refractivity contribution is 5.80. The lowest BCUT2D eigenvalue weighted by Crippen LogP contribution is -2.19. The number of rotatable bonds is 0. The van der Waals surface area contributed by atoms with Gasteiger partial charge in [-0.3, -0.25) is 0 Å². The number of aromatic amines is 1. The number of fused-ring (bicyclic) bond motifs is 1. The topological polar surface area (TPSA) is 15.8 Å². The number of aromatic nitrogens is 1. The van der Waals surface area contributed by atoms with Crippen LogP contribution in [0.4, 0.5) is 4.39 Å². The van der Waals surface area contributed by atoms with Crippen molar-refractivity contribution < 1.29 is 4.39 Å². The molecule has 1 aromatic carbocycles. The van der Waals surface area contributed by atoms with E-state index in [-0.39, 0.29) is 5.82 Å². The first kappa shape index (κ1) is 8.05. The molecule has 13 heavy (non-hydrogen) atoms. The molecule has 0 spiro atoms. The van der Waals surface area contributed by atoms with Crippen LogP contribution in [-0.4, -0.2) is 4.98 Å². The van der Waals surface area contributed by atoms with E-state index >= 15 is 0 Å². The zero-order chi connectivity index (χ0) is 9.42. The Morgan fingerprint density at radius 3 is 2.92 bits per heavy atom. The third-order valence-electron chi connectivity index (χ3n) is 2.17. The minimum absolute atomic E-state index is 0.213. The molecule has 0 atom stereocenters. The predicted octanol–water partition coefficient (Wildman–Crippen LogP) is 1.52. The second kappa shape index (κ2) is 2.73. The molecule has 0 saturated carbocycles. The highest BCUT2D eigenvalue weighted by Crippen LogP contribution is 2.07. The Balaban J connectivity index is 3.07. The van der Waals surface area contributed by atoms with Gasteiger partial charge in [0.25, 0.3) is 0 Å². The van der Waals surface area contributed by atoms with Gasteiger partial charge in [-0.05, 0) is 25.1 Å². The number of H-pyrrole nitrogens is 1. The van der Waals surface area contributed by atoms with Crippen LogP contribution in [0.25, 0.3) is 23.6 Å². The number of halogens is 1. The minimum Gasteiger partial charge on any atom is -0.355 e. The van der Waals surface area contributed by atoms with Gasteiger partial charge >= 0.3 is 0 Å². The molecule has 0 saturated heterocycles. The molecule has 1 heterocycles. The van der Waals surface area contributed by atoms with Crippen LogP contribution in [0.1, 0.15) is 6.92 Å². The van der Waals surface area contributed by atoms with E-state index < -0.39 is 0 Å². The van der Waals surface area contributed by atoms with Crippen LogP contribution in [0.2, 0.25) is 0 Å². The molecule has 2 rings (SSSR count). The number of hydrogen-bond acceptors (Lipinski definition) is 0. The monoisotopic (exact) mass is 175 g/mol. The van der Waals surface area contributed by atoms with Crippen LogP contribution in [0.5, 0.6) is 0 Å². The second-order valence-electron chi connectivity index (χ2n) is 3.00. The third kappa shape index (κ3) is 1.15. The summed E-state index contributed by atoms with van der Waals surface area (Å²) in [4.78, 5) is 3.10. The van der Waals surface area contributed by atoms with Crippen LogP contribution >= 0.6 is 0 Å². The Hall–Kier alpha value is -1.57. The lowest BCUT2D eigenvalue weighted by molar-refractivity contribution is 0.629. The number of benzene rings is 1. The van der Waals surface area contributed by atoms with Crippen molar-refractivity contribution >= 4 is 23.6 Å². The van der Waals surface area contributed by atoms with Gasteiger partial charge in [0, 0.05) is 21.5 Å². The van der Waals surface area contributed by atoms with Crippen molar-refractivity contribution in [1.82, 2.24) is 4.98 Å². The first-order valence-electron chi connectivity index (χ1n) is 4.15. The summed E-state index contributed by atoms with van der Waals surface area (Å²) in [6, 6.07) is 4.69. The zero-order valence-corrected chi connectivity index (χ0v) is 7.39. The molecule has 1 aromatic heterocycles. The highest BCUT2D eigenvalue weighted by atomic mass is 19.1. The fraction of sp³-hybridized carbons (Fsp3) is 0.0909. The maximum atomic E-state index is 12.9. The largest absolute Gasteiger partial charge is 0.355 e. The molecular weight excluding hydrogens is 165 g/mol. The Labute approximate surface area is 75.2 Å². The van der Waals surface area contributed by atoms with Gasteiger partial charge in [-0.25, -0.2) is 4.39 Å². The van der Waals surface area contributed by atoms with E-state index in [9.17, 15) is 4.39 Å². The Morgan fingerprint density at radius 2 is 2.23 bits per heavy atom. The first-order chi connectivity index (χ1) is 6.22. The molecule has 0 radical (unpaired) electrons. The Bertz CT molecular complexity index is 551. The summed E-state index contributed by atoms with van der Waals surface area (Å²) in [7, 11) is 0. The van der Waals surface area contributed by atoms with Crippen LogP contribution in [0.15, 0.2) is 18.2 Å². The minimum atomic E-state index is -0.213. The molecular formula is C11H10FN. The summed E-state index contributed by atoms with van der Waals surface area (Å²) in [5.41, 5.74) is 0.930. The van der Waals surface area contributed by atoms with Gasteiger partial charge in [0.15, 0.2) is 0 Å². The second-order valence-corrected chi connectivity index (χ2v) is 3.00. The fourth-order valence-corrected chi connectivity index (χ4v) is 1.57. The van der Waals surface area contributed by atoms with Gasteiger partial charge in [0.2, 0.25) is 0 Å². The fourth-order valence-electron chi connectivity index (χ4n) is 1.57. The van der Waals surface area contributed by atoms with Crippen LogP contribution in [-0.2, 0) is 0 Å². The van der Waals surface area contributed by atoms with Gasteiger partial charge in [0.1, 0.15) is 5.82 Å². The average Bonchev–Trinajstić information content (AvgIpc) is 2.40. The van der Waals surface area contributed by atoms with E-state index in [2.05, 4.69) is 11.6 Å². The van der Waals surface area contributed by atoms with E-state index in [1.165, 1.54) is 12.1 Å². The molecule has 2 heteroatoms. The van der Waals surface area contributed by atoms with E-state index in [1.54, 1.807) is 6.07 Å². The van der Waals surface area contributed by atoms with Crippen LogP contribution < -0.4 is 10.6 Å². The average molecular weight is 175 g/mol. The van der Waals surface area contributed by atoms with Crippen molar-refractivity contribution in [3.05, 3.63) is 34.6 Å². The van der Waals surface area contributed by atoms with E-state index in [4.69, 9.17) is 0 Å². The number of hydrogen-bond donors (Lipinski definition) is 1. The van der Waals surface area contributed by atoms with Crippen LogP contribution in [0, 0.1) is 5.82 Å². The van der Waals surface area contributed by atoms with Crippen molar-refractivity contribution in [2.75, 3.05) is 0 Å². The van der Waals surface area contributed by atoms with Crippen molar-refractivity contribution in [3.63, 3.8) is 0 Å². The summed E-state index contributed by atoms with van der Waals surface area (Å²) >= 11 is 0. The first-order valence-corrected chi connectivity index (χ1v) is 4.15. The van der Waals surface area contributed by atoms with Crippen LogP contribution in [0.3, 0.4) is 0 Å². The van der Waals surface area contributed by atoms with Crippen molar-refractivity contribution in [2.24, 2.45) is 0 Å². The molecule has 0 bridgehead atoms. The molecule has 1 N–H and O–H groups in total. The predicted molar refractivity (Wildman–Crippen MR) is 53.2 cm³/mol. The molecule has 0 aliphatic carbocycles.